The molecular weight excluding hydrogens is 140 g/mol. The summed E-state index contributed by atoms with van der Waals surface area (Å²) in [4.78, 5) is 10.4. The Bertz CT molecular complexity index is 208. The average Bonchev–Trinajstić information content (AvgIpc) is 2.45. The Morgan fingerprint density at radius 2 is 2.27 bits per heavy atom. The van der Waals surface area contributed by atoms with Gasteiger partial charge in [-0.15, -0.1) is 0 Å². The topological polar surface area (TPSA) is 37.3 Å². The van der Waals surface area contributed by atoms with E-state index in [1.165, 1.54) is 6.42 Å². The molecule has 0 aromatic carbocycles. The maximum atomic E-state index is 10.4. The Labute approximate surface area is 65.9 Å². The molecule has 1 saturated carbocycles. The molecule has 2 nitrogen and oxygen atoms in total. The van der Waals surface area contributed by atoms with Crippen molar-refractivity contribution in [2.45, 2.75) is 19.3 Å². The van der Waals surface area contributed by atoms with Crippen LogP contribution in [0.2, 0.25) is 0 Å². The van der Waals surface area contributed by atoms with Crippen LogP contribution in [0.25, 0.3) is 0 Å². The Kier molecular flexibility index (Phi) is 1.48. The number of carbonyl (C=O) groups is 1. The summed E-state index contributed by atoms with van der Waals surface area (Å²) in [6.07, 6.45) is 7.11. The predicted molar refractivity (Wildman–Crippen MR) is 41.1 cm³/mol. The van der Waals surface area contributed by atoms with E-state index >= 15 is 0 Å². The van der Waals surface area contributed by atoms with Crippen molar-refractivity contribution in [3.05, 3.63) is 12.2 Å². The van der Waals surface area contributed by atoms with Gasteiger partial charge in [0.15, 0.2) is 0 Å². The summed E-state index contributed by atoms with van der Waals surface area (Å²) in [5, 5.41) is 8.58. The molecule has 2 aliphatic carbocycles. The lowest BCUT2D eigenvalue weighted by Crippen LogP contribution is -2.11. The molecule has 2 heteroatoms. The summed E-state index contributed by atoms with van der Waals surface area (Å²) in [5.41, 5.74) is 0. The molecule has 2 unspecified atom stereocenters. The van der Waals surface area contributed by atoms with Crippen LogP contribution in [0.4, 0.5) is 0 Å². The molecule has 2 bridgehead atoms. The van der Waals surface area contributed by atoms with Crippen molar-refractivity contribution in [1.82, 2.24) is 0 Å². The first-order chi connectivity index (χ1) is 5.25. The van der Waals surface area contributed by atoms with Crippen LogP contribution < -0.4 is 0 Å². The summed E-state index contributed by atoms with van der Waals surface area (Å²) in [7, 11) is 0. The molecule has 2 aliphatic rings. The third-order valence-electron chi connectivity index (χ3n) is 2.85. The summed E-state index contributed by atoms with van der Waals surface area (Å²) >= 11 is 0. The van der Waals surface area contributed by atoms with Gasteiger partial charge in [-0.1, -0.05) is 12.2 Å². The highest BCUT2D eigenvalue weighted by molar-refractivity contribution is 5.67. The first-order valence-electron chi connectivity index (χ1n) is 4.16. The molecule has 0 aromatic heterocycles. The lowest BCUT2D eigenvalue weighted by molar-refractivity contribution is -0.138. The summed E-state index contributed by atoms with van der Waals surface area (Å²) in [6, 6.07) is 0. The quantitative estimate of drug-likeness (QED) is 0.611. The molecule has 0 amide bonds. The molecule has 0 spiro atoms. The molecule has 1 fully saturated rings. The number of aliphatic carboxylic acids is 1. The minimum Gasteiger partial charge on any atom is -0.481 e. The van der Waals surface area contributed by atoms with E-state index in [0.29, 0.717) is 24.2 Å². The zero-order chi connectivity index (χ0) is 7.84. The van der Waals surface area contributed by atoms with E-state index in [0.717, 1.165) is 6.42 Å². The molecule has 11 heavy (non-hydrogen) atoms. The fourth-order valence-corrected chi connectivity index (χ4v) is 2.35. The van der Waals surface area contributed by atoms with Gasteiger partial charge in [0.25, 0.3) is 0 Å². The molecule has 1 N–H and O–H groups in total. The van der Waals surface area contributed by atoms with Gasteiger partial charge in [-0.3, -0.25) is 4.79 Å². The van der Waals surface area contributed by atoms with Crippen LogP contribution >= 0.6 is 0 Å². The largest absolute Gasteiger partial charge is 0.481 e. The van der Waals surface area contributed by atoms with Crippen LogP contribution in [0.3, 0.4) is 0 Å². The highest BCUT2D eigenvalue weighted by Crippen LogP contribution is 2.44. The van der Waals surface area contributed by atoms with Crippen molar-refractivity contribution >= 4 is 5.97 Å². The smallest absolute Gasteiger partial charge is 0.303 e. The number of carboxylic acid groups (broad SMARTS) is 1. The zero-order valence-corrected chi connectivity index (χ0v) is 6.36. The van der Waals surface area contributed by atoms with Gasteiger partial charge in [-0.05, 0) is 30.6 Å². The van der Waals surface area contributed by atoms with Gasteiger partial charge in [0, 0.05) is 6.42 Å². The molecule has 2 rings (SSSR count). The summed E-state index contributed by atoms with van der Waals surface area (Å²) < 4.78 is 0. The van der Waals surface area contributed by atoms with Crippen molar-refractivity contribution in [3.8, 4) is 0 Å². The van der Waals surface area contributed by atoms with E-state index in [1.807, 2.05) is 0 Å². The number of carboxylic acids is 1. The van der Waals surface area contributed by atoms with Gasteiger partial charge < -0.3 is 5.11 Å². The monoisotopic (exact) mass is 152 g/mol. The van der Waals surface area contributed by atoms with Crippen molar-refractivity contribution in [2.75, 3.05) is 0 Å². The van der Waals surface area contributed by atoms with E-state index < -0.39 is 5.97 Å². The van der Waals surface area contributed by atoms with E-state index in [1.54, 1.807) is 0 Å². The Hall–Kier alpha value is -0.790. The third kappa shape index (κ3) is 1.17. The lowest BCUT2D eigenvalue weighted by atomic mass is 9.91. The Morgan fingerprint density at radius 3 is 2.73 bits per heavy atom. The third-order valence-corrected chi connectivity index (χ3v) is 2.85. The van der Waals surface area contributed by atoms with Crippen LogP contribution in [0, 0.1) is 17.8 Å². The summed E-state index contributed by atoms with van der Waals surface area (Å²) in [6.45, 7) is 0. The molecule has 0 radical (unpaired) electrons. The lowest BCUT2D eigenvalue weighted by Gasteiger charge is -2.14. The molecule has 0 aliphatic heterocycles. The first-order valence-corrected chi connectivity index (χ1v) is 4.16. The van der Waals surface area contributed by atoms with E-state index in [-0.39, 0.29) is 0 Å². The Morgan fingerprint density at radius 1 is 1.45 bits per heavy atom. The van der Waals surface area contributed by atoms with Crippen molar-refractivity contribution in [2.24, 2.45) is 17.8 Å². The van der Waals surface area contributed by atoms with E-state index in [2.05, 4.69) is 12.2 Å². The van der Waals surface area contributed by atoms with Crippen LogP contribution in [-0.4, -0.2) is 11.1 Å². The second kappa shape index (κ2) is 2.36. The number of fused-ring (bicyclic) bond motifs is 2. The number of rotatable bonds is 2. The number of hydrogen-bond acceptors (Lipinski definition) is 1. The van der Waals surface area contributed by atoms with Crippen LogP contribution in [-0.2, 0) is 4.79 Å². The minimum absolute atomic E-state index is 0.367. The van der Waals surface area contributed by atoms with Gasteiger partial charge >= 0.3 is 5.97 Å². The molecule has 0 saturated heterocycles. The maximum absolute atomic E-state index is 10.4. The van der Waals surface area contributed by atoms with Crippen LogP contribution in [0.15, 0.2) is 12.2 Å². The molecule has 0 heterocycles. The fourth-order valence-electron chi connectivity index (χ4n) is 2.35. The second-order valence-corrected chi connectivity index (χ2v) is 3.64. The van der Waals surface area contributed by atoms with Crippen LogP contribution in [0.5, 0.6) is 0 Å². The van der Waals surface area contributed by atoms with Gasteiger partial charge in [-0.2, -0.15) is 0 Å². The van der Waals surface area contributed by atoms with Gasteiger partial charge in [0.05, 0.1) is 0 Å². The van der Waals surface area contributed by atoms with Gasteiger partial charge in [0.1, 0.15) is 0 Å². The average molecular weight is 152 g/mol. The van der Waals surface area contributed by atoms with Crippen LogP contribution in [0.1, 0.15) is 19.3 Å². The highest BCUT2D eigenvalue weighted by atomic mass is 16.4. The van der Waals surface area contributed by atoms with Crippen molar-refractivity contribution in [1.29, 1.82) is 0 Å². The normalized spacial score (nSPS) is 39.8. The molecule has 3 atom stereocenters. The molecule has 0 aromatic rings. The SMILES string of the molecule is O=C(O)CC1C[C@@H]2C=CC1C2. The number of allylic oxidation sites excluding steroid dienone is 2. The maximum Gasteiger partial charge on any atom is 0.303 e. The van der Waals surface area contributed by atoms with Gasteiger partial charge in [-0.25, -0.2) is 0 Å². The Balaban J connectivity index is 1.98. The molecule has 60 valence electrons. The minimum atomic E-state index is -0.643. The van der Waals surface area contributed by atoms with Gasteiger partial charge in [0.2, 0.25) is 0 Å². The fraction of sp³-hybridized carbons (Fsp3) is 0.667. The van der Waals surface area contributed by atoms with E-state index in [4.69, 9.17) is 5.11 Å². The zero-order valence-electron chi connectivity index (χ0n) is 6.36. The standard InChI is InChI=1S/C9H12O2/c10-9(11)5-8-4-6-1-2-7(8)3-6/h1-2,6-8H,3-5H2,(H,10,11)/t6-,7?,8?/m1/s1. The summed E-state index contributed by atoms with van der Waals surface area (Å²) in [5.74, 6) is 1.07. The second-order valence-electron chi connectivity index (χ2n) is 3.64. The van der Waals surface area contributed by atoms with E-state index in [9.17, 15) is 4.79 Å². The first kappa shape index (κ1) is 6.89. The molecular formula is C9H12O2. The number of hydrogen-bond donors (Lipinski definition) is 1. The van der Waals surface area contributed by atoms with Crippen molar-refractivity contribution < 1.29 is 9.90 Å². The predicted octanol–water partition coefficient (Wildman–Crippen LogP) is 1.67. The van der Waals surface area contributed by atoms with Crippen molar-refractivity contribution in [3.63, 3.8) is 0 Å². The highest BCUT2D eigenvalue weighted by Gasteiger charge is 2.36.